The normalized spacial score (nSPS) is 9.44. The first kappa shape index (κ1) is 9.24. The van der Waals surface area contributed by atoms with Gasteiger partial charge >= 0.3 is 0 Å². The summed E-state index contributed by atoms with van der Waals surface area (Å²) < 4.78 is 0. The summed E-state index contributed by atoms with van der Waals surface area (Å²) in [7, 11) is 0. The number of thioether (sulfide) groups is 1. The molecule has 0 atom stereocenters. The van der Waals surface area contributed by atoms with Gasteiger partial charge < -0.3 is 5.11 Å². The summed E-state index contributed by atoms with van der Waals surface area (Å²) in [5, 5.41) is 8.62. The molecule has 0 rings (SSSR count). The van der Waals surface area contributed by atoms with E-state index in [-0.39, 0.29) is 5.76 Å². The van der Waals surface area contributed by atoms with Crippen LogP contribution < -0.4 is 0 Å². The SMILES string of the molecule is C=C(O)CCSCCS. The highest BCUT2D eigenvalue weighted by Gasteiger charge is 1.88. The number of rotatable bonds is 5. The van der Waals surface area contributed by atoms with Gasteiger partial charge in [-0.1, -0.05) is 6.58 Å². The van der Waals surface area contributed by atoms with Crippen LogP contribution in [0.25, 0.3) is 0 Å². The quantitative estimate of drug-likeness (QED) is 0.369. The Hall–Kier alpha value is 0.240. The molecule has 1 N–H and O–H groups in total. The average molecular weight is 164 g/mol. The van der Waals surface area contributed by atoms with Crippen LogP contribution in [0.3, 0.4) is 0 Å². The summed E-state index contributed by atoms with van der Waals surface area (Å²) in [6, 6.07) is 0. The summed E-state index contributed by atoms with van der Waals surface area (Å²) >= 11 is 5.82. The topological polar surface area (TPSA) is 20.2 Å². The van der Waals surface area contributed by atoms with Crippen LogP contribution in [0.15, 0.2) is 12.3 Å². The Morgan fingerprint density at radius 2 is 2.22 bits per heavy atom. The number of hydrogen-bond acceptors (Lipinski definition) is 3. The Bertz CT molecular complexity index is 83.1. The minimum absolute atomic E-state index is 0.279. The Morgan fingerprint density at radius 1 is 1.56 bits per heavy atom. The third kappa shape index (κ3) is 8.24. The summed E-state index contributed by atoms with van der Waals surface area (Å²) in [4.78, 5) is 0. The molecule has 0 aromatic carbocycles. The van der Waals surface area contributed by atoms with Crippen molar-refractivity contribution in [1.82, 2.24) is 0 Å². The Kier molecular flexibility index (Phi) is 6.53. The summed E-state index contributed by atoms with van der Waals surface area (Å²) in [6.07, 6.45) is 0.707. The van der Waals surface area contributed by atoms with Crippen LogP contribution in [0.2, 0.25) is 0 Å². The van der Waals surface area contributed by atoms with Crippen molar-refractivity contribution in [1.29, 1.82) is 0 Å². The molecule has 0 bridgehead atoms. The van der Waals surface area contributed by atoms with Crippen molar-refractivity contribution in [2.45, 2.75) is 6.42 Å². The predicted octanol–water partition coefficient (Wildman–Crippen LogP) is 2.11. The van der Waals surface area contributed by atoms with Gasteiger partial charge in [0, 0.05) is 17.9 Å². The van der Waals surface area contributed by atoms with Gasteiger partial charge in [-0.25, -0.2) is 0 Å². The van der Waals surface area contributed by atoms with E-state index in [4.69, 9.17) is 5.11 Å². The van der Waals surface area contributed by atoms with E-state index in [1.165, 1.54) is 0 Å². The van der Waals surface area contributed by atoms with Crippen LogP contribution in [-0.4, -0.2) is 22.4 Å². The molecule has 0 radical (unpaired) electrons. The Labute approximate surface area is 65.9 Å². The second kappa shape index (κ2) is 6.36. The molecule has 0 fully saturated rings. The van der Waals surface area contributed by atoms with Gasteiger partial charge in [-0.05, 0) is 5.75 Å². The molecule has 0 aromatic rings. The first-order chi connectivity index (χ1) is 4.27. The van der Waals surface area contributed by atoms with Crippen molar-refractivity contribution in [2.24, 2.45) is 0 Å². The summed E-state index contributed by atoms with van der Waals surface area (Å²) in [5.74, 6) is 3.19. The van der Waals surface area contributed by atoms with E-state index < -0.39 is 0 Å². The van der Waals surface area contributed by atoms with Crippen LogP contribution in [0, 0.1) is 0 Å². The lowest BCUT2D eigenvalue weighted by Gasteiger charge is -1.96. The molecule has 0 spiro atoms. The zero-order valence-electron chi connectivity index (χ0n) is 5.34. The molecule has 0 unspecified atom stereocenters. The molecular weight excluding hydrogens is 152 g/mol. The third-order valence-electron chi connectivity index (χ3n) is 0.771. The highest BCUT2D eigenvalue weighted by Crippen LogP contribution is 2.05. The maximum absolute atomic E-state index is 8.62. The zero-order valence-corrected chi connectivity index (χ0v) is 7.05. The average Bonchev–Trinajstić information content (AvgIpc) is 1.80. The van der Waals surface area contributed by atoms with Gasteiger partial charge in [-0.3, -0.25) is 0 Å². The molecule has 0 aliphatic rings. The monoisotopic (exact) mass is 164 g/mol. The number of thiol groups is 1. The molecule has 0 aliphatic heterocycles. The smallest absolute Gasteiger partial charge is 0.0859 e. The second-order valence-electron chi connectivity index (χ2n) is 1.65. The van der Waals surface area contributed by atoms with Gasteiger partial charge in [0.2, 0.25) is 0 Å². The molecule has 1 nitrogen and oxygen atoms in total. The fourth-order valence-corrected chi connectivity index (χ4v) is 1.46. The first-order valence-electron chi connectivity index (χ1n) is 2.82. The standard InChI is InChI=1S/C6H12OS2/c1-6(7)2-4-9-5-3-8/h7-8H,1-5H2. The predicted molar refractivity (Wildman–Crippen MR) is 47.6 cm³/mol. The minimum Gasteiger partial charge on any atom is -0.513 e. The van der Waals surface area contributed by atoms with E-state index in [2.05, 4.69) is 19.2 Å². The lowest BCUT2D eigenvalue weighted by Crippen LogP contribution is -1.85. The van der Waals surface area contributed by atoms with Crippen LogP contribution in [0.4, 0.5) is 0 Å². The third-order valence-corrected chi connectivity index (χ3v) is 2.28. The van der Waals surface area contributed by atoms with Crippen LogP contribution in [0.5, 0.6) is 0 Å². The largest absolute Gasteiger partial charge is 0.513 e. The van der Waals surface area contributed by atoms with E-state index in [9.17, 15) is 0 Å². The molecule has 0 aliphatic carbocycles. The van der Waals surface area contributed by atoms with Crippen LogP contribution >= 0.6 is 24.4 Å². The molecule has 0 heterocycles. The highest BCUT2D eigenvalue weighted by molar-refractivity contribution is 7.99. The summed E-state index contributed by atoms with van der Waals surface area (Å²) in [5.41, 5.74) is 0. The molecule has 0 saturated heterocycles. The van der Waals surface area contributed by atoms with Crippen molar-refractivity contribution in [2.75, 3.05) is 17.3 Å². The Balaban J connectivity index is 2.83. The van der Waals surface area contributed by atoms with Gasteiger partial charge in [-0.15, -0.1) is 0 Å². The number of aliphatic hydroxyl groups is 1. The van der Waals surface area contributed by atoms with E-state index >= 15 is 0 Å². The van der Waals surface area contributed by atoms with Crippen molar-refractivity contribution >= 4 is 24.4 Å². The van der Waals surface area contributed by atoms with Crippen molar-refractivity contribution in [3.8, 4) is 0 Å². The van der Waals surface area contributed by atoms with Crippen molar-refractivity contribution < 1.29 is 5.11 Å². The molecule has 0 saturated carbocycles. The number of aliphatic hydroxyl groups excluding tert-OH is 1. The molecule has 54 valence electrons. The minimum atomic E-state index is 0.279. The fourth-order valence-electron chi connectivity index (χ4n) is 0.357. The molecular formula is C6H12OS2. The number of hydrogen-bond donors (Lipinski definition) is 2. The Morgan fingerprint density at radius 3 is 2.67 bits per heavy atom. The van der Waals surface area contributed by atoms with Gasteiger partial charge in [0.05, 0.1) is 5.76 Å². The molecule has 9 heavy (non-hydrogen) atoms. The lowest BCUT2D eigenvalue weighted by atomic mass is 10.4. The van der Waals surface area contributed by atoms with Crippen LogP contribution in [0.1, 0.15) is 6.42 Å². The van der Waals surface area contributed by atoms with E-state index in [0.29, 0.717) is 6.42 Å². The van der Waals surface area contributed by atoms with Gasteiger partial charge in [0.15, 0.2) is 0 Å². The number of allylic oxidation sites excluding steroid dienone is 1. The first-order valence-corrected chi connectivity index (χ1v) is 4.61. The van der Waals surface area contributed by atoms with E-state index in [0.717, 1.165) is 17.3 Å². The molecule has 0 aromatic heterocycles. The maximum Gasteiger partial charge on any atom is 0.0859 e. The van der Waals surface area contributed by atoms with Crippen molar-refractivity contribution in [3.63, 3.8) is 0 Å². The van der Waals surface area contributed by atoms with E-state index in [1.807, 2.05) is 0 Å². The molecule has 3 heteroatoms. The van der Waals surface area contributed by atoms with Gasteiger partial charge in [-0.2, -0.15) is 24.4 Å². The fraction of sp³-hybridized carbons (Fsp3) is 0.667. The van der Waals surface area contributed by atoms with Gasteiger partial charge in [0.25, 0.3) is 0 Å². The maximum atomic E-state index is 8.62. The lowest BCUT2D eigenvalue weighted by molar-refractivity contribution is 0.399. The zero-order chi connectivity index (χ0) is 7.11. The van der Waals surface area contributed by atoms with Gasteiger partial charge in [0.1, 0.15) is 0 Å². The highest BCUT2D eigenvalue weighted by atomic mass is 32.2. The molecule has 0 amide bonds. The summed E-state index contributed by atoms with van der Waals surface area (Å²) in [6.45, 7) is 3.38. The van der Waals surface area contributed by atoms with Crippen molar-refractivity contribution in [3.05, 3.63) is 12.3 Å². The second-order valence-corrected chi connectivity index (χ2v) is 3.32. The van der Waals surface area contributed by atoms with E-state index in [1.54, 1.807) is 11.8 Å². The van der Waals surface area contributed by atoms with Crippen LogP contribution in [-0.2, 0) is 0 Å².